The maximum atomic E-state index is 12.2. The highest BCUT2D eigenvalue weighted by Gasteiger charge is 2.33. The summed E-state index contributed by atoms with van der Waals surface area (Å²) >= 11 is 1.77. The Labute approximate surface area is 150 Å². The lowest BCUT2D eigenvalue weighted by Gasteiger charge is -2.31. The van der Waals surface area contributed by atoms with Crippen molar-refractivity contribution in [3.8, 4) is 5.75 Å². The van der Waals surface area contributed by atoms with Gasteiger partial charge in [-0.05, 0) is 45.7 Å². The van der Waals surface area contributed by atoms with Crippen LogP contribution in [0.4, 0.5) is 0 Å². The Kier molecular flexibility index (Phi) is 5.10. The Morgan fingerprint density at radius 2 is 1.71 bits per heavy atom. The van der Waals surface area contributed by atoms with E-state index in [0.29, 0.717) is 5.75 Å². The minimum atomic E-state index is -0.170. The third-order valence-electron chi connectivity index (χ3n) is 4.38. The molecule has 0 spiro atoms. The Balaban J connectivity index is 2.62. The summed E-state index contributed by atoms with van der Waals surface area (Å²) in [5.74, 6) is 1.26. The summed E-state index contributed by atoms with van der Waals surface area (Å²) in [5.41, 5.74) is 2.61. The molecule has 24 heavy (non-hydrogen) atoms. The second-order valence-electron chi connectivity index (χ2n) is 8.42. The zero-order chi connectivity index (χ0) is 18.3. The van der Waals surface area contributed by atoms with Gasteiger partial charge in [0.25, 0.3) is 0 Å². The standard InChI is InChI=1S/C20H29NO2S/c1-8-16(22)21-9-10-24-18(21)13-11-14(19(2,3)4)17(23)15(12-13)20(5,6)7/h8,11-12,18,23H,1,9-10H2,2-7H3. The van der Waals surface area contributed by atoms with Crippen LogP contribution >= 0.6 is 11.8 Å². The molecule has 0 aliphatic carbocycles. The quantitative estimate of drug-likeness (QED) is 0.785. The summed E-state index contributed by atoms with van der Waals surface area (Å²) < 4.78 is 0. The number of hydrogen-bond acceptors (Lipinski definition) is 3. The normalized spacial score (nSPS) is 18.8. The van der Waals surface area contributed by atoms with Crippen molar-refractivity contribution in [2.24, 2.45) is 0 Å². The lowest BCUT2D eigenvalue weighted by Crippen LogP contribution is -2.29. The Morgan fingerprint density at radius 1 is 1.21 bits per heavy atom. The molecule has 1 aromatic carbocycles. The molecule has 0 bridgehead atoms. The maximum Gasteiger partial charge on any atom is 0.247 e. The van der Waals surface area contributed by atoms with Gasteiger partial charge in [0.2, 0.25) is 5.91 Å². The topological polar surface area (TPSA) is 40.5 Å². The van der Waals surface area contributed by atoms with Crippen LogP contribution in [0, 0.1) is 0 Å². The van der Waals surface area contributed by atoms with E-state index in [0.717, 1.165) is 29.0 Å². The van der Waals surface area contributed by atoms with Crippen LogP contribution in [-0.4, -0.2) is 28.2 Å². The van der Waals surface area contributed by atoms with Crippen LogP contribution in [0.3, 0.4) is 0 Å². The summed E-state index contributed by atoms with van der Waals surface area (Å²) in [6.07, 6.45) is 1.38. The van der Waals surface area contributed by atoms with E-state index in [1.54, 1.807) is 11.8 Å². The van der Waals surface area contributed by atoms with E-state index in [9.17, 15) is 9.90 Å². The van der Waals surface area contributed by atoms with Gasteiger partial charge in [-0.2, -0.15) is 0 Å². The number of nitrogens with zero attached hydrogens (tertiary/aromatic N) is 1. The van der Waals surface area contributed by atoms with Crippen molar-refractivity contribution in [2.75, 3.05) is 12.3 Å². The van der Waals surface area contributed by atoms with Gasteiger partial charge >= 0.3 is 0 Å². The number of hydrogen-bond donors (Lipinski definition) is 1. The second kappa shape index (κ2) is 6.47. The van der Waals surface area contributed by atoms with Gasteiger partial charge in [0.05, 0.1) is 0 Å². The zero-order valence-corrected chi connectivity index (χ0v) is 16.5. The first-order valence-electron chi connectivity index (χ1n) is 8.39. The fraction of sp³-hybridized carbons (Fsp3) is 0.550. The van der Waals surface area contributed by atoms with E-state index in [1.807, 2.05) is 4.90 Å². The van der Waals surface area contributed by atoms with Crippen molar-refractivity contribution >= 4 is 17.7 Å². The molecule has 3 nitrogen and oxygen atoms in total. The number of phenols is 1. The SMILES string of the molecule is C=CC(=O)N1CCSC1c1cc(C(C)(C)C)c(O)c(C(C)(C)C)c1. The van der Waals surface area contributed by atoms with Crippen LogP contribution in [0.25, 0.3) is 0 Å². The maximum absolute atomic E-state index is 12.2. The molecule has 1 heterocycles. The molecular weight excluding hydrogens is 318 g/mol. The largest absolute Gasteiger partial charge is 0.507 e. The number of rotatable bonds is 2. The summed E-state index contributed by atoms with van der Waals surface area (Å²) in [5, 5.41) is 10.8. The molecule has 1 unspecified atom stereocenters. The molecule has 2 rings (SSSR count). The lowest BCUT2D eigenvalue weighted by molar-refractivity contribution is -0.126. The molecule has 1 aliphatic rings. The van der Waals surface area contributed by atoms with Gasteiger partial charge in [-0.1, -0.05) is 48.1 Å². The van der Waals surface area contributed by atoms with Crippen LogP contribution in [-0.2, 0) is 15.6 Å². The average molecular weight is 348 g/mol. The van der Waals surface area contributed by atoms with Crippen LogP contribution < -0.4 is 0 Å². The highest BCUT2D eigenvalue weighted by Crippen LogP contribution is 2.45. The molecule has 0 radical (unpaired) electrons. The average Bonchev–Trinajstić information content (AvgIpc) is 2.93. The van der Waals surface area contributed by atoms with E-state index in [-0.39, 0.29) is 22.1 Å². The van der Waals surface area contributed by atoms with Crippen molar-refractivity contribution in [3.63, 3.8) is 0 Å². The second-order valence-corrected chi connectivity index (χ2v) is 9.61. The molecule has 0 saturated carbocycles. The number of carbonyl (C=O) groups excluding carboxylic acids is 1. The lowest BCUT2D eigenvalue weighted by atomic mass is 9.78. The number of phenolic OH excluding ortho intramolecular Hbond substituents is 1. The molecule has 0 aromatic heterocycles. The minimum absolute atomic E-state index is 0.0155. The van der Waals surface area contributed by atoms with E-state index < -0.39 is 0 Å². The van der Waals surface area contributed by atoms with Crippen LogP contribution in [0.2, 0.25) is 0 Å². The fourth-order valence-corrected chi connectivity index (χ4v) is 4.28. The van der Waals surface area contributed by atoms with E-state index >= 15 is 0 Å². The number of aromatic hydroxyl groups is 1. The molecule has 1 saturated heterocycles. The predicted molar refractivity (Wildman–Crippen MR) is 103 cm³/mol. The molecule has 132 valence electrons. The van der Waals surface area contributed by atoms with E-state index in [2.05, 4.69) is 60.3 Å². The molecule has 1 N–H and O–H groups in total. The number of amides is 1. The van der Waals surface area contributed by atoms with Gasteiger partial charge < -0.3 is 10.0 Å². The minimum Gasteiger partial charge on any atom is -0.507 e. The van der Waals surface area contributed by atoms with Gasteiger partial charge in [0.1, 0.15) is 11.1 Å². The third kappa shape index (κ3) is 3.64. The van der Waals surface area contributed by atoms with Crippen LogP contribution in [0.5, 0.6) is 5.75 Å². The van der Waals surface area contributed by atoms with E-state index in [4.69, 9.17) is 0 Å². The summed E-state index contributed by atoms with van der Waals surface area (Å²) in [6.45, 7) is 17.0. The Hall–Kier alpha value is -1.42. The van der Waals surface area contributed by atoms with Crippen molar-refractivity contribution in [2.45, 2.75) is 57.7 Å². The summed E-state index contributed by atoms with van der Waals surface area (Å²) in [6, 6.07) is 4.13. The van der Waals surface area contributed by atoms with Crippen molar-refractivity contribution in [1.82, 2.24) is 4.90 Å². The monoisotopic (exact) mass is 347 g/mol. The zero-order valence-electron chi connectivity index (χ0n) is 15.6. The van der Waals surface area contributed by atoms with E-state index in [1.165, 1.54) is 6.08 Å². The number of thioether (sulfide) groups is 1. The summed E-state index contributed by atoms with van der Waals surface area (Å²) in [4.78, 5) is 14.0. The highest BCUT2D eigenvalue weighted by atomic mass is 32.2. The third-order valence-corrected chi connectivity index (χ3v) is 5.64. The fourth-order valence-electron chi connectivity index (χ4n) is 3.03. The van der Waals surface area contributed by atoms with Crippen LogP contribution in [0.1, 0.15) is 63.6 Å². The smallest absolute Gasteiger partial charge is 0.247 e. The van der Waals surface area contributed by atoms with Crippen molar-refractivity contribution < 1.29 is 9.90 Å². The molecule has 4 heteroatoms. The molecular formula is C20H29NO2S. The van der Waals surface area contributed by atoms with Gasteiger partial charge in [-0.15, -0.1) is 11.8 Å². The number of carbonyl (C=O) groups is 1. The first-order chi connectivity index (χ1) is 11.0. The van der Waals surface area contributed by atoms with Crippen LogP contribution in [0.15, 0.2) is 24.8 Å². The van der Waals surface area contributed by atoms with Gasteiger partial charge in [0.15, 0.2) is 0 Å². The Morgan fingerprint density at radius 3 is 2.12 bits per heavy atom. The van der Waals surface area contributed by atoms with Gasteiger partial charge in [0, 0.05) is 12.3 Å². The van der Waals surface area contributed by atoms with Gasteiger partial charge in [-0.25, -0.2) is 0 Å². The van der Waals surface area contributed by atoms with Crippen molar-refractivity contribution in [3.05, 3.63) is 41.5 Å². The highest BCUT2D eigenvalue weighted by molar-refractivity contribution is 7.99. The molecule has 1 aliphatic heterocycles. The van der Waals surface area contributed by atoms with Gasteiger partial charge in [-0.3, -0.25) is 4.79 Å². The first kappa shape index (κ1) is 18.9. The first-order valence-corrected chi connectivity index (χ1v) is 9.44. The van der Waals surface area contributed by atoms with Crippen molar-refractivity contribution in [1.29, 1.82) is 0 Å². The predicted octanol–water partition coefficient (Wildman–Crippen LogP) is 4.75. The molecule has 1 atom stereocenters. The Bertz CT molecular complexity index is 618. The number of benzene rings is 1. The molecule has 1 aromatic rings. The summed E-state index contributed by atoms with van der Waals surface area (Å²) in [7, 11) is 0. The molecule has 1 fully saturated rings. The molecule has 1 amide bonds.